The van der Waals surface area contributed by atoms with Gasteiger partial charge in [0.2, 0.25) is 15.9 Å². The second-order valence-corrected chi connectivity index (χ2v) is 9.59. The molecular formula is C21H26ClN3O4S. The number of anilines is 1. The van der Waals surface area contributed by atoms with Crippen LogP contribution in [0.1, 0.15) is 11.1 Å². The fourth-order valence-corrected chi connectivity index (χ4v) is 4.10. The number of nitrogens with zero attached hydrogens (tertiary/aromatic N) is 1. The lowest BCUT2D eigenvalue weighted by Gasteiger charge is -2.33. The summed E-state index contributed by atoms with van der Waals surface area (Å²) in [7, 11) is -3.31. The molecule has 0 spiro atoms. The third kappa shape index (κ3) is 7.60. The number of sulfonamides is 1. The van der Waals surface area contributed by atoms with Crippen LogP contribution in [0.5, 0.6) is 0 Å². The number of hydrogen-bond donors (Lipinski definition) is 2. The molecule has 1 heterocycles. The van der Waals surface area contributed by atoms with Gasteiger partial charge in [-0.15, -0.1) is 0 Å². The number of halogens is 1. The molecule has 0 saturated carbocycles. The van der Waals surface area contributed by atoms with Crippen molar-refractivity contribution in [2.75, 3.05) is 37.2 Å². The van der Waals surface area contributed by atoms with Gasteiger partial charge in [0.1, 0.15) is 0 Å². The van der Waals surface area contributed by atoms with Crippen molar-refractivity contribution >= 4 is 33.2 Å². The van der Waals surface area contributed by atoms with E-state index in [2.05, 4.69) is 21.0 Å². The van der Waals surface area contributed by atoms with Crippen LogP contribution in [0.4, 0.5) is 5.69 Å². The largest absolute Gasteiger partial charge is 0.374 e. The molecular weight excluding hydrogens is 426 g/mol. The first-order chi connectivity index (χ1) is 14.3. The van der Waals surface area contributed by atoms with Crippen molar-refractivity contribution in [1.82, 2.24) is 10.2 Å². The highest BCUT2D eigenvalue weighted by molar-refractivity contribution is 7.92. The topological polar surface area (TPSA) is 87.7 Å². The minimum atomic E-state index is -3.31. The summed E-state index contributed by atoms with van der Waals surface area (Å²) in [4.78, 5) is 14.6. The molecule has 3 rings (SSSR count). The number of nitrogens with one attached hydrogen (secondary N) is 2. The summed E-state index contributed by atoms with van der Waals surface area (Å²) >= 11 is 6.06. The average Bonchev–Trinajstić information content (AvgIpc) is 2.67. The van der Waals surface area contributed by atoms with Gasteiger partial charge in [-0.25, -0.2) is 8.42 Å². The van der Waals surface area contributed by atoms with Crippen LogP contribution in [0.25, 0.3) is 0 Å². The van der Waals surface area contributed by atoms with Gasteiger partial charge in [0.25, 0.3) is 0 Å². The maximum atomic E-state index is 12.3. The number of amides is 1. The Morgan fingerprint density at radius 1 is 1.20 bits per heavy atom. The van der Waals surface area contributed by atoms with Crippen LogP contribution < -0.4 is 10.0 Å². The predicted octanol–water partition coefficient (Wildman–Crippen LogP) is 2.27. The van der Waals surface area contributed by atoms with Crippen molar-refractivity contribution in [2.45, 2.75) is 19.1 Å². The summed E-state index contributed by atoms with van der Waals surface area (Å²) in [6.07, 6.45) is 1.25. The van der Waals surface area contributed by atoms with E-state index < -0.39 is 10.0 Å². The number of ether oxygens (including phenoxy) is 1. The number of morpholine rings is 1. The van der Waals surface area contributed by atoms with Gasteiger partial charge in [-0.2, -0.15) is 0 Å². The Hall–Kier alpha value is -2.13. The molecule has 1 amide bonds. The van der Waals surface area contributed by atoms with Crippen LogP contribution in [0.15, 0.2) is 48.5 Å². The minimum Gasteiger partial charge on any atom is -0.374 e. The molecule has 0 aliphatic carbocycles. The number of hydrogen-bond acceptors (Lipinski definition) is 5. The number of rotatable bonds is 8. The zero-order chi connectivity index (χ0) is 21.6. The Morgan fingerprint density at radius 2 is 1.97 bits per heavy atom. The van der Waals surface area contributed by atoms with Crippen molar-refractivity contribution in [3.05, 3.63) is 64.7 Å². The Kier molecular flexibility index (Phi) is 7.71. The summed E-state index contributed by atoms with van der Waals surface area (Å²) in [6, 6.07) is 14.6. The minimum absolute atomic E-state index is 0.0665. The summed E-state index contributed by atoms with van der Waals surface area (Å²) in [5, 5.41) is 3.65. The molecule has 7 nitrogen and oxygen atoms in total. The first-order valence-electron chi connectivity index (χ1n) is 9.69. The van der Waals surface area contributed by atoms with Crippen LogP contribution in [0.3, 0.4) is 0 Å². The Bertz CT molecular complexity index is 966. The molecule has 1 saturated heterocycles. The van der Waals surface area contributed by atoms with Gasteiger partial charge >= 0.3 is 0 Å². The molecule has 30 heavy (non-hydrogen) atoms. The molecule has 1 unspecified atom stereocenters. The molecule has 9 heteroatoms. The van der Waals surface area contributed by atoms with Gasteiger partial charge < -0.3 is 10.1 Å². The third-order valence-corrected chi connectivity index (χ3v) is 5.51. The van der Waals surface area contributed by atoms with E-state index in [9.17, 15) is 13.2 Å². The highest BCUT2D eigenvalue weighted by Crippen LogP contribution is 2.15. The molecule has 0 radical (unpaired) electrons. The summed E-state index contributed by atoms with van der Waals surface area (Å²) in [6.45, 7) is 3.43. The highest BCUT2D eigenvalue weighted by atomic mass is 35.5. The van der Waals surface area contributed by atoms with Crippen molar-refractivity contribution in [2.24, 2.45) is 0 Å². The SMILES string of the molecule is CS(=O)(=O)Nc1ccc(CC(=O)NCC2CN(Cc3cccc(Cl)c3)CCO2)cc1. The average molecular weight is 452 g/mol. The van der Waals surface area contributed by atoms with E-state index in [1.807, 2.05) is 18.2 Å². The molecule has 1 atom stereocenters. The van der Waals surface area contributed by atoms with Gasteiger partial charge in [0.15, 0.2) is 0 Å². The first kappa shape index (κ1) is 22.6. The molecule has 0 aromatic heterocycles. The Labute approximate surface area is 182 Å². The van der Waals surface area contributed by atoms with E-state index in [1.165, 1.54) is 0 Å². The lowest BCUT2D eigenvalue weighted by molar-refractivity contribution is -0.121. The maximum absolute atomic E-state index is 12.3. The summed E-state index contributed by atoms with van der Waals surface area (Å²) in [5.74, 6) is -0.102. The second kappa shape index (κ2) is 10.3. The Balaban J connectivity index is 1.44. The molecule has 1 fully saturated rings. The van der Waals surface area contributed by atoms with Crippen molar-refractivity contribution < 1.29 is 17.9 Å². The van der Waals surface area contributed by atoms with E-state index in [0.29, 0.717) is 18.8 Å². The fourth-order valence-electron chi connectivity index (χ4n) is 3.32. The molecule has 2 aromatic carbocycles. The lowest BCUT2D eigenvalue weighted by Crippen LogP contribution is -2.47. The van der Waals surface area contributed by atoms with E-state index in [0.717, 1.165) is 42.0 Å². The lowest BCUT2D eigenvalue weighted by atomic mass is 10.1. The number of carbonyl (C=O) groups is 1. The van der Waals surface area contributed by atoms with Crippen LogP contribution in [0, 0.1) is 0 Å². The molecule has 1 aliphatic heterocycles. The standard InChI is InChI=1S/C21H26ClN3O4S/c1-30(27,28)24-19-7-5-16(6-8-19)12-21(26)23-13-20-15-25(9-10-29-20)14-17-3-2-4-18(22)11-17/h2-8,11,20,24H,9-10,12-15H2,1H3,(H,23,26). The number of carbonyl (C=O) groups excluding carboxylic acids is 1. The van der Waals surface area contributed by atoms with E-state index in [1.54, 1.807) is 24.3 Å². The summed E-state index contributed by atoms with van der Waals surface area (Å²) < 4.78 is 30.7. The first-order valence-corrected chi connectivity index (χ1v) is 12.0. The van der Waals surface area contributed by atoms with Gasteiger partial charge in [-0.1, -0.05) is 35.9 Å². The molecule has 2 aromatic rings. The molecule has 1 aliphatic rings. The predicted molar refractivity (Wildman–Crippen MR) is 118 cm³/mol. The van der Waals surface area contributed by atoms with Crippen LogP contribution in [-0.4, -0.2) is 57.8 Å². The highest BCUT2D eigenvalue weighted by Gasteiger charge is 2.21. The van der Waals surface area contributed by atoms with Gasteiger partial charge in [-0.3, -0.25) is 14.4 Å². The van der Waals surface area contributed by atoms with Crippen molar-refractivity contribution in [1.29, 1.82) is 0 Å². The van der Waals surface area contributed by atoms with Gasteiger partial charge in [-0.05, 0) is 35.4 Å². The summed E-state index contributed by atoms with van der Waals surface area (Å²) in [5.41, 5.74) is 2.43. The van der Waals surface area contributed by atoms with Gasteiger partial charge in [0.05, 0.1) is 25.4 Å². The quantitative estimate of drug-likeness (QED) is 0.642. The smallest absolute Gasteiger partial charge is 0.229 e. The number of benzene rings is 2. The third-order valence-electron chi connectivity index (χ3n) is 4.67. The van der Waals surface area contributed by atoms with Crippen molar-refractivity contribution in [3.63, 3.8) is 0 Å². The van der Waals surface area contributed by atoms with E-state index in [-0.39, 0.29) is 18.4 Å². The monoisotopic (exact) mass is 451 g/mol. The zero-order valence-electron chi connectivity index (χ0n) is 16.8. The second-order valence-electron chi connectivity index (χ2n) is 7.41. The van der Waals surface area contributed by atoms with Crippen LogP contribution >= 0.6 is 11.6 Å². The molecule has 162 valence electrons. The van der Waals surface area contributed by atoms with Gasteiger partial charge in [0, 0.05) is 36.9 Å². The molecule has 2 N–H and O–H groups in total. The zero-order valence-corrected chi connectivity index (χ0v) is 18.4. The van der Waals surface area contributed by atoms with Crippen molar-refractivity contribution in [3.8, 4) is 0 Å². The maximum Gasteiger partial charge on any atom is 0.229 e. The van der Waals surface area contributed by atoms with E-state index >= 15 is 0 Å². The normalized spacial score (nSPS) is 17.5. The van der Waals surface area contributed by atoms with Crippen LogP contribution in [-0.2, 0) is 32.5 Å². The van der Waals surface area contributed by atoms with Crippen LogP contribution in [0.2, 0.25) is 5.02 Å². The fraction of sp³-hybridized carbons (Fsp3) is 0.381. The van der Waals surface area contributed by atoms with E-state index in [4.69, 9.17) is 16.3 Å². The molecule has 0 bridgehead atoms. The Morgan fingerprint density at radius 3 is 2.67 bits per heavy atom.